The molecule has 0 saturated heterocycles. The fraction of sp³-hybridized carbons (Fsp3) is 0.375. The minimum atomic E-state index is 0. The third-order valence-electron chi connectivity index (χ3n) is 1.71. The molecular formula is C8H12Cl2N2O. The molecule has 74 valence electrons. The van der Waals surface area contributed by atoms with E-state index >= 15 is 0 Å². The number of hydrogen-bond acceptors (Lipinski definition) is 3. The van der Waals surface area contributed by atoms with Gasteiger partial charge in [0.05, 0.1) is 0 Å². The normalized spacial score (nSPS) is 13.8. The third-order valence-corrected chi connectivity index (χ3v) is 1.71. The molecule has 2 rings (SSSR count). The maximum absolute atomic E-state index is 5.45. The minimum absolute atomic E-state index is 0. The Kier molecular flexibility index (Phi) is 5.79. The van der Waals surface area contributed by atoms with Crippen molar-refractivity contribution >= 4 is 24.8 Å². The van der Waals surface area contributed by atoms with Gasteiger partial charge >= 0.3 is 0 Å². The van der Waals surface area contributed by atoms with Gasteiger partial charge in [0.2, 0.25) is 0 Å². The van der Waals surface area contributed by atoms with Gasteiger partial charge in [-0.1, -0.05) is 0 Å². The summed E-state index contributed by atoms with van der Waals surface area (Å²) in [6, 6.07) is 1.91. The first-order chi connectivity index (χ1) is 5.47. The van der Waals surface area contributed by atoms with Crippen molar-refractivity contribution in [3.8, 4) is 5.75 Å². The molecule has 1 aliphatic heterocycles. The van der Waals surface area contributed by atoms with Crippen LogP contribution in [0.1, 0.15) is 5.56 Å². The van der Waals surface area contributed by atoms with Crippen LogP contribution in [0.4, 0.5) is 0 Å². The molecule has 0 radical (unpaired) electrons. The van der Waals surface area contributed by atoms with Crippen LogP contribution < -0.4 is 10.1 Å². The van der Waals surface area contributed by atoms with E-state index in [1.807, 2.05) is 12.3 Å². The molecule has 13 heavy (non-hydrogen) atoms. The summed E-state index contributed by atoms with van der Waals surface area (Å²) in [5.41, 5.74) is 1.14. The van der Waals surface area contributed by atoms with Crippen molar-refractivity contribution < 1.29 is 4.74 Å². The standard InChI is InChI=1S/C8H10N2O.2ClH/c1-2-9-5-7-6-10-3-4-11-8(1)7;;/h1-2,5,10H,3-4,6H2;2*1H. The van der Waals surface area contributed by atoms with E-state index in [0.29, 0.717) is 0 Å². The van der Waals surface area contributed by atoms with Crippen LogP contribution in [0, 0.1) is 0 Å². The summed E-state index contributed by atoms with van der Waals surface area (Å²) in [6.45, 7) is 2.52. The molecule has 1 aromatic rings. The van der Waals surface area contributed by atoms with Gasteiger partial charge in [-0.15, -0.1) is 24.8 Å². The summed E-state index contributed by atoms with van der Waals surface area (Å²) in [6.07, 6.45) is 3.60. The predicted octanol–water partition coefficient (Wildman–Crippen LogP) is 1.41. The lowest BCUT2D eigenvalue weighted by atomic mass is 10.2. The van der Waals surface area contributed by atoms with Crippen LogP contribution in [-0.4, -0.2) is 18.1 Å². The first kappa shape index (κ1) is 12.5. The molecule has 1 N–H and O–H groups in total. The van der Waals surface area contributed by atoms with Crippen LogP contribution in [0.2, 0.25) is 0 Å². The molecule has 0 saturated carbocycles. The molecule has 0 amide bonds. The van der Waals surface area contributed by atoms with Crippen LogP contribution in [0.15, 0.2) is 18.5 Å². The molecule has 1 aromatic heterocycles. The van der Waals surface area contributed by atoms with Crippen LogP contribution in [-0.2, 0) is 6.54 Å². The quantitative estimate of drug-likeness (QED) is 0.721. The highest BCUT2D eigenvalue weighted by Crippen LogP contribution is 2.17. The maximum Gasteiger partial charge on any atom is 0.126 e. The molecular weight excluding hydrogens is 211 g/mol. The molecule has 0 spiro atoms. The lowest BCUT2D eigenvalue weighted by molar-refractivity contribution is 0.325. The Balaban J connectivity index is 0.000000720. The highest BCUT2D eigenvalue weighted by atomic mass is 35.5. The summed E-state index contributed by atoms with van der Waals surface area (Å²) in [5.74, 6) is 0.963. The highest BCUT2D eigenvalue weighted by Gasteiger charge is 2.05. The molecule has 1 aliphatic rings. The molecule has 0 unspecified atom stereocenters. The summed E-state index contributed by atoms with van der Waals surface area (Å²) in [5, 5.41) is 3.24. The second-order valence-electron chi connectivity index (χ2n) is 2.51. The van der Waals surface area contributed by atoms with E-state index in [2.05, 4.69) is 10.3 Å². The number of nitrogens with one attached hydrogen (secondary N) is 1. The summed E-state index contributed by atoms with van der Waals surface area (Å²) < 4.78 is 5.45. The van der Waals surface area contributed by atoms with Crippen molar-refractivity contribution in [2.45, 2.75) is 6.54 Å². The van der Waals surface area contributed by atoms with Gasteiger partial charge in [-0.25, -0.2) is 0 Å². The Morgan fingerprint density at radius 2 is 2.23 bits per heavy atom. The zero-order valence-corrected chi connectivity index (χ0v) is 8.66. The van der Waals surface area contributed by atoms with Crippen molar-refractivity contribution in [3.05, 3.63) is 24.0 Å². The SMILES string of the molecule is Cl.Cl.c1cc2c(cn1)CNCCO2. The van der Waals surface area contributed by atoms with Crippen LogP contribution in [0.25, 0.3) is 0 Å². The second-order valence-corrected chi connectivity index (χ2v) is 2.51. The Labute approximate surface area is 89.7 Å². The molecule has 5 heteroatoms. The van der Waals surface area contributed by atoms with Crippen molar-refractivity contribution in [3.63, 3.8) is 0 Å². The highest BCUT2D eigenvalue weighted by molar-refractivity contribution is 5.85. The van der Waals surface area contributed by atoms with E-state index < -0.39 is 0 Å². The Morgan fingerprint density at radius 1 is 1.38 bits per heavy atom. The van der Waals surface area contributed by atoms with Gasteiger partial charge in [0, 0.05) is 31.0 Å². The number of fused-ring (bicyclic) bond motifs is 1. The topological polar surface area (TPSA) is 34.2 Å². The van der Waals surface area contributed by atoms with E-state index in [4.69, 9.17) is 4.74 Å². The van der Waals surface area contributed by atoms with Crippen molar-refractivity contribution in [1.29, 1.82) is 0 Å². The average Bonchev–Trinajstić information content (AvgIpc) is 2.28. The number of rotatable bonds is 0. The number of ether oxygens (including phenoxy) is 1. The number of halogens is 2. The predicted molar refractivity (Wildman–Crippen MR) is 55.9 cm³/mol. The fourth-order valence-electron chi connectivity index (χ4n) is 1.14. The van der Waals surface area contributed by atoms with Gasteiger partial charge in [-0.2, -0.15) is 0 Å². The summed E-state index contributed by atoms with van der Waals surface area (Å²) in [7, 11) is 0. The number of aromatic nitrogens is 1. The Bertz CT molecular complexity index is 233. The monoisotopic (exact) mass is 222 g/mol. The maximum atomic E-state index is 5.45. The average molecular weight is 223 g/mol. The first-order valence-electron chi connectivity index (χ1n) is 3.73. The zero-order chi connectivity index (χ0) is 7.52. The van der Waals surface area contributed by atoms with Crippen molar-refractivity contribution in [2.24, 2.45) is 0 Å². The van der Waals surface area contributed by atoms with E-state index in [1.165, 1.54) is 0 Å². The molecule has 0 bridgehead atoms. The summed E-state index contributed by atoms with van der Waals surface area (Å²) in [4.78, 5) is 4.02. The molecule has 2 heterocycles. The largest absolute Gasteiger partial charge is 0.492 e. The number of pyridine rings is 1. The zero-order valence-electron chi connectivity index (χ0n) is 7.03. The smallest absolute Gasteiger partial charge is 0.126 e. The number of hydrogen-bond donors (Lipinski definition) is 1. The Morgan fingerprint density at radius 3 is 3.08 bits per heavy atom. The lowest BCUT2D eigenvalue weighted by Gasteiger charge is -2.03. The minimum Gasteiger partial charge on any atom is -0.492 e. The van der Waals surface area contributed by atoms with E-state index in [-0.39, 0.29) is 24.8 Å². The van der Waals surface area contributed by atoms with E-state index in [0.717, 1.165) is 31.0 Å². The second kappa shape index (κ2) is 6.02. The lowest BCUT2D eigenvalue weighted by Crippen LogP contribution is -2.16. The van der Waals surface area contributed by atoms with Crippen LogP contribution in [0.5, 0.6) is 5.75 Å². The van der Waals surface area contributed by atoms with Gasteiger partial charge < -0.3 is 10.1 Å². The Hall–Kier alpha value is -0.510. The fourth-order valence-corrected chi connectivity index (χ4v) is 1.14. The molecule has 3 nitrogen and oxygen atoms in total. The van der Waals surface area contributed by atoms with Gasteiger partial charge in [0.1, 0.15) is 12.4 Å². The van der Waals surface area contributed by atoms with Crippen molar-refractivity contribution in [2.75, 3.05) is 13.2 Å². The van der Waals surface area contributed by atoms with Gasteiger partial charge in [0.15, 0.2) is 0 Å². The van der Waals surface area contributed by atoms with Gasteiger partial charge in [-0.3, -0.25) is 4.98 Å². The van der Waals surface area contributed by atoms with Crippen LogP contribution in [0.3, 0.4) is 0 Å². The van der Waals surface area contributed by atoms with Gasteiger partial charge in [-0.05, 0) is 6.07 Å². The number of nitrogens with zero attached hydrogens (tertiary/aromatic N) is 1. The third kappa shape index (κ3) is 3.03. The van der Waals surface area contributed by atoms with E-state index in [1.54, 1.807) is 6.20 Å². The van der Waals surface area contributed by atoms with Crippen molar-refractivity contribution in [1.82, 2.24) is 10.3 Å². The summed E-state index contributed by atoms with van der Waals surface area (Å²) >= 11 is 0. The van der Waals surface area contributed by atoms with Crippen LogP contribution >= 0.6 is 24.8 Å². The molecule has 0 aromatic carbocycles. The van der Waals surface area contributed by atoms with E-state index in [9.17, 15) is 0 Å². The molecule has 0 fully saturated rings. The molecule has 0 atom stereocenters. The molecule has 0 aliphatic carbocycles. The van der Waals surface area contributed by atoms with Gasteiger partial charge in [0.25, 0.3) is 0 Å². The first-order valence-corrected chi connectivity index (χ1v) is 3.73.